The average Bonchev–Trinajstić information content (AvgIpc) is 3.03. The van der Waals surface area contributed by atoms with Crippen LogP contribution in [-0.4, -0.2) is 26.8 Å². The van der Waals surface area contributed by atoms with Gasteiger partial charge in [0.1, 0.15) is 5.49 Å². The average molecular weight is 356 g/mol. The van der Waals surface area contributed by atoms with Crippen molar-refractivity contribution in [2.24, 2.45) is 0 Å². The third kappa shape index (κ3) is 3.84. The molecule has 0 aromatic carbocycles. The number of fused-ring (bicyclic) bond motifs is 1. The van der Waals surface area contributed by atoms with Crippen molar-refractivity contribution in [1.82, 2.24) is 14.5 Å². The fraction of sp³-hybridized carbons (Fsp3) is 0.389. The van der Waals surface area contributed by atoms with Crippen LogP contribution in [-0.2, 0) is 12.8 Å². The second kappa shape index (κ2) is 7.99. The molecule has 2 aliphatic carbocycles. The highest BCUT2D eigenvalue weighted by Crippen LogP contribution is 2.20. The number of nitrogens with zero attached hydrogens (tertiary/aromatic N) is 3. The zero-order chi connectivity index (χ0) is 18.5. The number of amides is 1. The van der Waals surface area contributed by atoms with Crippen molar-refractivity contribution in [1.29, 1.82) is 10.8 Å². The number of nitrogens with one attached hydrogen (secondary N) is 3. The summed E-state index contributed by atoms with van der Waals surface area (Å²) in [5.41, 5.74) is 1.94. The van der Waals surface area contributed by atoms with Gasteiger partial charge in [-0.25, -0.2) is 14.4 Å². The lowest BCUT2D eigenvalue weighted by atomic mass is 10.0. The number of aromatic nitrogens is 3. The van der Waals surface area contributed by atoms with Crippen LogP contribution in [0.5, 0.6) is 0 Å². The van der Waals surface area contributed by atoms with Crippen molar-refractivity contribution in [3.05, 3.63) is 46.6 Å². The summed E-state index contributed by atoms with van der Waals surface area (Å²) in [6.45, 7) is 0. The van der Waals surface area contributed by atoms with Crippen molar-refractivity contribution in [2.75, 3.05) is 5.32 Å². The van der Waals surface area contributed by atoms with Gasteiger partial charge >= 0.3 is 0 Å². The van der Waals surface area contributed by atoms with Gasteiger partial charge in [0, 0.05) is 5.69 Å². The van der Waals surface area contributed by atoms with E-state index in [0.29, 0.717) is 0 Å². The highest BCUT2D eigenvalue weighted by Gasteiger charge is 2.20. The number of carbonyl (C=O) groups excluding carboxylic acids is 1. The number of hydrogen-bond acceptors (Lipinski definition) is 5. The van der Waals surface area contributed by atoms with Gasteiger partial charge in [0.05, 0.1) is 24.3 Å². The molecule has 0 radical (unpaired) electrons. The Balaban J connectivity index is 0.000000433. The Kier molecular flexibility index (Phi) is 5.50. The summed E-state index contributed by atoms with van der Waals surface area (Å²) in [7, 11) is 0. The molecule has 2 aromatic heterocycles. The number of aryl methyl sites for hydroxylation is 1. The Labute approximate surface area is 150 Å². The van der Waals surface area contributed by atoms with E-state index < -0.39 is 11.7 Å². The third-order valence-electron chi connectivity index (χ3n) is 4.56. The number of carbonyl (C=O) groups is 1. The molecule has 1 saturated carbocycles. The van der Waals surface area contributed by atoms with Crippen molar-refractivity contribution in [2.45, 2.75) is 44.9 Å². The van der Waals surface area contributed by atoms with Crippen LogP contribution in [0.25, 0.3) is 0 Å². The van der Waals surface area contributed by atoms with Gasteiger partial charge in [0.25, 0.3) is 5.91 Å². The first-order chi connectivity index (χ1) is 12.6. The molecule has 0 aliphatic heterocycles. The number of hydrogen-bond donors (Lipinski definition) is 3. The van der Waals surface area contributed by atoms with Gasteiger partial charge < -0.3 is 0 Å². The maximum atomic E-state index is 12.8. The van der Waals surface area contributed by atoms with Crippen molar-refractivity contribution < 1.29 is 9.18 Å². The van der Waals surface area contributed by atoms with Gasteiger partial charge in [0.15, 0.2) is 5.82 Å². The summed E-state index contributed by atoms with van der Waals surface area (Å²) in [6, 6.07) is 1.67. The van der Waals surface area contributed by atoms with Crippen LogP contribution < -0.4 is 10.8 Å². The molecule has 0 bridgehead atoms. The van der Waals surface area contributed by atoms with Gasteiger partial charge in [-0.05, 0) is 30.9 Å². The molecule has 2 aromatic rings. The van der Waals surface area contributed by atoms with E-state index in [0.717, 1.165) is 49.3 Å². The lowest BCUT2D eigenvalue weighted by Crippen LogP contribution is -2.31. The van der Waals surface area contributed by atoms with E-state index in [9.17, 15) is 9.18 Å². The van der Waals surface area contributed by atoms with Crippen LogP contribution >= 0.6 is 0 Å². The normalized spacial score (nSPS) is 14.5. The van der Waals surface area contributed by atoms with Crippen molar-refractivity contribution in [3.8, 4) is 0 Å². The molecule has 7 nitrogen and oxygen atoms in total. The number of anilines is 1. The van der Waals surface area contributed by atoms with E-state index >= 15 is 0 Å². The zero-order valence-corrected chi connectivity index (χ0v) is 14.4. The van der Waals surface area contributed by atoms with Crippen LogP contribution in [0.2, 0.25) is 0 Å². The summed E-state index contributed by atoms with van der Waals surface area (Å²) in [4.78, 5) is 19.6. The number of pyridine rings is 1. The third-order valence-corrected chi connectivity index (χ3v) is 4.56. The van der Waals surface area contributed by atoms with Crippen LogP contribution in [0.4, 0.5) is 10.3 Å². The molecule has 0 spiro atoms. The molecule has 2 aliphatic rings. The van der Waals surface area contributed by atoms with Crippen LogP contribution in [0, 0.1) is 16.6 Å². The first-order valence-electron chi connectivity index (χ1n) is 8.71. The largest absolute Gasteiger partial charge is 0.291 e. The minimum absolute atomic E-state index is 0.0345. The highest BCUT2D eigenvalue weighted by atomic mass is 19.1. The van der Waals surface area contributed by atoms with Crippen LogP contribution in [0.3, 0.4) is 0 Å². The molecular formula is C18H21FN6O. The lowest BCUT2D eigenvalue weighted by molar-refractivity contribution is 0.102. The molecule has 3 N–H and O–H groups in total. The first kappa shape index (κ1) is 17.9. The van der Waals surface area contributed by atoms with Gasteiger partial charge in [-0.2, -0.15) is 0 Å². The molecule has 0 atom stereocenters. The molecule has 1 fully saturated rings. The molecule has 0 unspecified atom stereocenters. The lowest BCUT2D eigenvalue weighted by Gasteiger charge is -2.11. The first-order valence-corrected chi connectivity index (χ1v) is 8.71. The van der Waals surface area contributed by atoms with Crippen LogP contribution in [0.15, 0.2) is 18.5 Å². The predicted octanol–water partition coefficient (Wildman–Crippen LogP) is 2.65. The Morgan fingerprint density at radius 3 is 2.38 bits per heavy atom. The van der Waals surface area contributed by atoms with E-state index in [1.165, 1.54) is 30.3 Å². The molecule has 2 heterocycles. The Morgan fingerprint density at radius 1 is 1.15 bits per heavy atom. The van der Waals surface area contributed by atoms with E-state index in [1.807, 2.05) is 0 Å². The molecule has 1 amide bonds. The highest BCUT2D eigenvalue weighted by molar-refractivity contribution is 6.03. The second-order valence-corrected chi connectivity index (χ2v) is 6.32. The minimum Gasteiger partial charge on any atom is -0.291 e. The monoisotopic (exact) mass is 356 g/mol. The maximum Gasteiger partial charge on any atom is 0.261 e. The summed E-state index contributed by atoms with van der Waals surface area (Å²) < 4.78 is 14.2. The van der Waals surface area contributed by atoms with Gasteiger partial charge in [-0.15, -0.1) is 0 Å². The topological polar surface area (TPSA) is 108 Å². The van der Waals surface area contributed by atoms with E-state index in [-0.39, 0.29) is 17.0 Å². The standard InChI is InChI=1S/C14H13FN6O.C4H8/c15-9-5-18-14(19-6-9)20-13(22)10-4-8-2-1-3-11(8)21(7-16)12(10)17;1-2-4-3-1/h4-7,16-17H,1-3H2,(H,18,19,20,22);1-4H2. The number of halogens is 1. The summed E-state index contributed by atoms with van der Waals surface area (Å²) in [5.74, 6) is -1.19. The van der Waals surface area contributed by atoms with E-state index in [2.05, 4.69) is 15.3 Å². The molecule has 26 heavy (non-hydrogen) atoms. The van der Waals surface area contributed by atoms with Gasteiger partial charge in [-0.3, -0.25) is 25.5 Å². The van der Waals surface area contributed by atoms with Crippen molar-refractivity contribution >= 4 is 18.2 Å². The second-order valence-electron chi connectivity index (χ2n) is 6.32. The SMILES string of the molecule is C1CCC1.N=Cn1c2c(cc(C(=O)Nc3ncc(F)cn3)c1=N)CCC2. The quantitative estimate of drug-likeness (QED) is 0.581. The van der Waals surface area contributed by atoms with E-state index in [4.69, 9.17) is 10.8 Å². The summed E-state index contributed by atoms with van der Waals surface area (Å²) >= 11 is 0. The smallest absolute Gasteiger partial charge is 0.261 e. The molecular weight excluding hydrogens is 335 g/mol. The Bertz CT molecular complexity index is 866. The fourth-order valence-corrected chi connectivity index (χ4v) is 2.80. The zero-order valence-electron chi connectivity index (χ0n) is 14.4. The summed E-state index contributed by atoms with van der Waals surface area (Å²) in [6.07, 6.45) is 11.5. The fourth-order valence-electron chi connectivity index (χ4n) is 2.80. The molecule has 8 heteroatoms. The van der Waals surface area contributed by atoms with Gasteiger partial charge in [0.2, 0.25) is 5.95 Å². The summed E-state index contributed by atoms with van der Waals surface area (Å²) in [5, 5.41) is 18.0. The van der Waals surface area contributed by atoms with Crippen molar-refractivity contribution in [3.63, 3.8) is 0 Å². The molecule has 0 saturated heterocycles. The molecule has 136 valence electrons. The molecule has 4 rings (SSSR count). The number of rotatable bonds is 3. The Hall–Kier alpha value is -2.90. The van der Waals surface area contributed by atoms with E-state index in [1.54, 1.807) is 6.07 Å². The minimum atomic E-state index is -0.599. The van der Waals surface area contributed by atoms with Crippen LogP contribution in [0.1, 0.15) is 53.7 Å². The van der Waals surface area contributed by atoms with Gasteiger partial charge in [-0.1, -0.05) is 25.7 Å². The Morgan fingerprint density at radius 2 is 1.81 bits per heavy atom. The maximum absolute atomic E-state index is 12.8. The predicted molar refractivity (Wildman–Crippen MR) is 94.9 cm³/mol.